The Morgan fingerprint density at radius 3 is 2.50 bits per heavy atom. The van der Waals surface area contributed by atoms with Gasteiger partial charge in [0.2, 0.25) is 5.91 Å². The van der Waals surface area contributed by atoms with Crippen LogP contribution < -0.4 is 10.6 Å². The van der Waals surface area contributed by atoms with E-state index in [1.807, 2.05) is 30.3 Å². The van der Waals surface area contributed by atoms with E-state index in [9.17, 15) is 18.4 Å². The number of hydrogen-bond acceptors (Lipinski definition) is 4. The van der Waals surface area contributed by atoms with Gasteiger partial charge in [-0.1, -0.05) is 30.0 Å². The van der Waals surface area contributed by atoms with E-state index >= 15 is 0 Å². The van der Waals surface area contributed by atoms with Crippen molar-refractivity contribution in [2.45, 2.75) is 9.92 Å². The minimum Gasteiger partial charge on any atom is -0.343 e. The highest BCUT2D eigenvalue weighted by atomic mass is 32.2. The largest absolute Gasteiger partial charge is 0.343 e. The summed E-state index contributed by atoms with van der Waals surface area (Å²) in [4.78, 5) is 29.6. The molecule has 0 saturated carbocycles. The van der Waals surface area contributed by atoms with Crippen LogP contribution in [0.15, 0.2) is 76.8 Å². The molecule has 1 heterocycles. The Morgan fingerprint density at radius 2 is 1.75 bits per heavy atom. The van der Waals surface area contributed by atoms with Crippen molar-refractivity contribution in [3.05, 3.63) is 84.1 Å². The molecule has 0 spiro atoms. The van der Waals surface area contributed by atoms with Crippen molar-refractivity contribution in [1.82, 2.24) is 10.3 Å². The topological polar surface area (TPSA) is 71.1 Å². The smallest absolute Gasteiger partial charge is 0.254 e. The number of rotatable bonds is 6. The Labute approximate surface area is 164 Å². The minimum absolute atomic E-state index is 0.0971. The molecule has 142 valence electrons. The molecule has 5 nitrogen and oxygen atoms in total. The summed E-state index contributed by atoms with van der Waals surface area (Å²) in [6.45, 7) is -0.331. The zero-order valence-electron chi connectivity index (χ0n) is 14.5. The number of amides is 2. The van der Waals surface area contributed by atoms with Gasteiger partial charge in [0.05, 0.1) is 12.1 Å². The van der Waals surface area contributed by atoms with Gasteiger partial charge in [0.15, 0.2) is 11.6 Å². The molecule has 0 unspecified atom stereocenters. The standard InChI is InChI=1S/C20H15F2N3O2S/c21-16-9-8-13(11-17(16)22)25-18(26)12-24-19(27)15-7-4-10-23-20(15)28-14-5-2-1-3-6-14/h1-11H,12H2,(H,24,27)(H,25,26). The SMILES string of the molecule is O=C(CNC(=O)c1cccnc1Sc1ccccc1)Nc1ccc(F)c(F)c1. The molecular formula is C20H15F2N3O2S. The van der Waals surface area contributed by atoms with E-state index in [0.717, 1.165) is 17.0 Å². The average molecular weight is 399 g/mol. The maximum Gasteiger partial charge on any atom is 0.254 e. The fourth-order valence-corrected chi connectivity index (χ4v) is 3.18. The number of hydrogen-bond donors (Lipinski definition) is 2. The summed E-state index contributed by atoms with van der Waals surface area (Å²) in [5, 5.41) is 5.40. The summed E-state index contributed by atoms with van der Waals surface area (Å²) >= 11 is 1.33. The van der Waals surface area contributed by atoms with Crippen LogP contribution in [0.2, 0.25) is 0 Å². The second-order valence-corrected chi connectivity index (χ2v) is 6.69. The molecule has 8 heteroatoms. The molecule has 0 bridgehead atoms. The van der Waals surface area contributed by atoms with Gasteiger partial charge in [-0.2, -0.15) is 0 Å². The summed E-state index contributed by atoms with van der Waals surface area (Å²) < 4.78 is 26.1. The predicted octanol–water partition coefficient (Wildman–Crippen LogP) is 3.88. The molecule has 0 saturated heterocycles. The van der Waals surface area contributed by atoms with Crippen molar-refractivity contribution in [3.8, 4) is 0 Å². The van der Waals surface area contributed by atoms with Crippen molar-refractivity contribution < 1.29 is 18.4 Å². The van der Waals surface area contributed by atoms with Crippen LogP contribution in [0.4, 0.5) is 14.5 Å². The monoisotopic (exact) mass is 399 g/mol. The highest BCUT2D eigenvalue weighted by Gasteiger charge is 2.15. The van der Waals surface area contributed by atoms with Crippen LogP contribution in [-0.2, 0) is 4.79 Å². The van der Waals surface area contributed by atoms with Gasteiger partial charge in [0.25, 0.3) is 5.91 Å². The van der Waals surface area contributed by atoms with E-state index in [1.165, 1.54) is 17.8 Å². The normalized spacial score (nSPS) is 10.4. The Hall–Kier alpha value is -3.26. The number of benzene rings is 2. The summed E-state index contributed by atoms with van der Waals surface area (Å²) in [6.07, 6.45) is 1.58. The maximum absolute atomic E-state index is 13.2. The van der Waals surface area contributed by atoms with Gasteiger partial charge in [0.1, 0.15) is 5.03 Å². The van der Waals surface area contributed by atoms with Crippen LogP contribution in [-0.4, -0.2) is 23.3 Å². The number of aromatic nitrogens is 1. The van der Waals surface area contributed by atoms with Gasteiger partial charge in [-0.25, -0.2) is 13.8 Å². The molecule has 0 atom stereocenters. The lowest BCUT2D eigenvalue weighted by Crippen LogP contribution is -2.33. The zero-order valence-corrected chi connectivity index (χ0v) is 15.3. The quantitative estimate of drug-likeness (QED) is 0.660. The number of carbonyl (C=O) groups is 2. The van der Waals surface area contributed by atoms with Gasteiger partial charge >= 0.3 is 0 Å². The van der Waals surface area contributed by atoms with Crippen molar-refractivity contribution in [2.75, 3.05) is 11.9 Å². The Morgan fingerprint density at radius 1 is 0.964 bits per heavy atom. The van der Waals surface area contributed by atoms with Crippen LogP contribution in [0.1, 0.15) is 10.4 Å². The Bertz CT molecular complexity index is 1000. The lowest BCUT2D eigenvalue weighted by Gasteiger charge is -2.10. The zero-order chi connectivity index (χ0) is 19.9. The number of anilines is 1. The predicted molar refractivity (Wildman–Crippen MR) is 102 cm³/mol. The van der Waals surface area contributed by atoms with Crippen molar-refractivity contribution in [2.24, 2.45) is 0 Å². The molecule has 3 rings (SSSR count). The minimum atomic E-state index is -1.07. The first kappa shape index (κ1) is 19.5. The van der Waals surface area contributed by atoms with Crippen LogP contribution in [0.25, 0.3) is 0 Å². The Kier molecular flexibility index (Phi) is 6.33. The third kappa shape index (κ3) is 5.14. The molecule has 2 amide bonds. The fraction of sp³-hybridized carbons (Fsp3) is 0.0500. The molecule has 0 aliphatic rings. The highest BCUT2D eigenvalue weighted by Crippen LogP contribution is 2.28. The summed E-state index contributed by atoms with van der Waals surface area (Å²) in [5.41, 5.74) is 0.428. The van der Waals surface area contributed by atoms with Crippen LogP contribution in [0.5, 0.6) is 0 Å². The van der Waals surface area contributed by atoms with Gasteiger partial charge < -0.3 is 10.6 Å². The second-order valence-electron chi connectivity index (χ2n) is 5.63. The number of nitrogens with zero attached hydrogens (tertiary/aromatic N) is 1. The molecule has 0 aliphatic carbocycles. The summed E-state index contributed by atoms with van der Waals surface area (Å²) in [5.74, 6) is -3.11. The van der Waals surface area contributed by atoms with Gasteiger partial charge in [-0.05, 0) is 36.4 Å². The van der Waals surface area contributed by atoms with Gasteiger partial charge in [0, 0.05) is 22.8 Å². The second kappa shape index (κ2) is 9.09. The third-order valence-corrected chi connectivity index (χ3v) is 4.61. The van der Waals surface area contributed by atoms with Gasteiger partial charge in [-0.15, -0.1) is 0 Å². The average Bonchev–Trinajstić information content (AvgIpc) is 2.70. The molecule has 2 N–H and O–H groups in total. The molecular weight excluding hydrogens is 384 g/mol. The fourth-order valence-electron chi connectivity index (χ4n) is 2.28. The van der Waals surface area contributed by atoms with E-state index in [4.69, 9.17) is 0 Å². The van der Waals surface area contributed by atoms with E-state index < -0.39 is 23.4 Å². The van der Waals surface area contributed by atoms with Crippen molar-refractivity contribution >= 4 is 29.3 Å². The number of carbonyl (C=O) groups excluding carboxylic acids is 2. The lowest BCUT2D eigenvalue weighted by atomic mass is 10.2. The number of nitrogens with one attached hydrogen (secondary N) is 2. The van der Waals surface area contributed by atoms with E-state index in [1.54, 1.807) is 18.3 Å². The van der Waals surface area contributed by atoms with Crippen LogP contribution in [0.3, 0.4) is 0 Å². The van der Waals surface area contributed by atoms with Crippen LogP contribution in [0, 0.1) is 11.6 Å². The first-order valence-electron chi connectivity index (χ1n) is 8.24. The van der Waals surface area contributed by atoms with E-state index in [-0.39, 0.29) is 12.2 Å². The maximum atomic E-state index is 13.2. The third-order valence-electron chi connectivity index (χ3n) is 3.59. The van der Waals surface area contributed by atoms with Crippen molar-refractivity contribution in [1.29, 1.82) is 0 Å². The molecule has 1 aromatic heterocycles. The number of halogens is 2. The Balaban J connectivity index is 1.61. The molecule has 28 heavy (non-hydrogen) atoms. The summed E-state index contributed by atoms with van der Waals surface area (Å²) in [6, 6.07) is 15.7. The van der Waals surface area contributed by atoms with Gasteiger partial charge in [-0.3, -0.25) is 9.59 Å². The summed E-state index contributed by atoms with van der Waals surface area (Å²) in [7, 11) is 0. The van der Waals surface area contributed by atoms with E-state index in [2.05, 4.69) is 15.6 Å². The molecule has 0 fully saturated rings. The molecule has 3 aromatic rings. The molecule has 2 aromatic carbocycles. The first-order chi connectivity index (χ1) is 13.5. The van der Waals surface area contributed by atoms with Crippen molar-refractivity contribution in [3.63, 3.8) is 0 Å². The first-order valence-corrected chi connectivity index (χ1v) is 9.05. The highest BCUT2D eigenvalue weighted by molar-refractivity contribution is 7.99. The van der Waals surface area contributed by atoms with Crippen LogP contribution >= 0.6 is 11.8 Å². The van der Waals surface area contributed by atoms with E-state index in [0.29, 0.717) is 10.6 Å². The number of pyridine rings is 1. The lowest BCUT2D eigenvalue weighted by molar-refractivity contribution is -0.115. The molecule has 0 radical (unpaired) electrons. The molecule has 0 aliphatic heterocycles.